The van der Waals surface area contributed by atoms with Crippen molar-refractivity contribution in [1.82, 2.24) is 41.1 Å². The number of amides is 4. The summed E-state index contributed by atoms with van der Waals surface area (Å²) in [5.41, 5.74) is 2.46. The first-order valence-corrected chi connectivity index (χ1v) is 14.6. The monoisotopic (exact) mass is 612 g/mol. The van der Waals surface area contributed by atoms with Gasteiger partial charge in [0.05, 0.1) is 24.7 Å². The predicted octanol–water partition coefficient (Wildman–Crippen LogP) is 2.04. The zero-order valence-corrected chi connectivity index (χ0v) is 24.6. The van der Waals surface area contributed by atoms with E-state index in [1.807, 2.05) is 6.07 Å². The van der Waals surface area contributed by atoms with Crippen LogP contribution in [-0.2, 0) is 22.6 Å². The third-order valence-electron chi connectivity index (χ3n) is 7.46. The second-order valence-corrected chi connectivity index (χ2v) is 10.8. The minimum atomic E-state index is -1.03. The molecular weight excluding hydrogens is 579 g/mol. The van der Waals surface area contributed by atoms with Gasteiger partial charge in [0, 0.05) is 18.7 Å². The van der Waals surface area contributed by atoms with E-state index in [1.54, 1.807) is 59.3 Å². The number of fused-ring (bicyclic) bond motifs is 2. The summed E-state index contributed by atoms with van der Waals surface area (Å²) < 4.78 is 16.1. The van der Waals surface area contributed by atoms with Crippen LogP contribution in [0, 0.1) is 5.82 Å². The average molecular weight is 613 g/mol. The van der Waals surface area contributed by atoms with E-state index in [9.17, 15) is 23.6 Å². The van der Waals surface area contributed by atoms with E-state index in [4.69, 9.17) is 0 Å². The molecule has 1 aromatic heterocycles. The number of aryl methyl sites for hydroxylation is 1. The lowest BCUT2D eigenvalue weighted by molar-refractivity contribution is -0.123. The van der Waals surface area contributed by atoms with Crippen LogP contribution in [0.3, 0.4) is 0 Å². The second-order valence-electron chi connectivity index (χ2n) is 10.8. The Morgan fingerprint density at radius 1 is 1.00 bits per heavy atom. The highest BCUT2D eigenvalue weighted by Crippen LogP contribution is 2.18. The predicted molar refractivity (Wildman–Crippen MR) is 161 cm³/mol. The summed E-state index contributed by atoms with van der Waals surface area (Å²) in [6, 6.07) is 18.4. The summed E-state index contributed by atoms with van der Waals surface area (Å²) in [7, 11) is 0. The van der Waals surface area contributed by atoms with Crippen LogP contribution >= 0.6 is 0 Å². The van der Waals surface area contributed by atoms with Gasteiger partial charge in [0.2, 0.25) is 11.8 Å². The van der Waals surface area contributed by atoms with Gasteiger partial charge in [-0.05, 0) is 71.1 Å². The number of hydrogen-bond acceptors (Lipinski definition) is 7. The average Bonchev–Trinajstić information content (AvgIpc) is 3.56. The number of nitrogens with one attached hydrogen (secondary N) is 3. The molecule has 4 aromatic rings. The summed E-state index contributed by atoms with van der Waals surface area (Å²) >= 11 is 0. The van der Waals surface area contributed by atoms with Crippen LogP contribution in [0.5, 0.6) is 0 Å². The lowest BCUT2D eigenvalue weighted by Gasteiger charge is -2.29. The van der Waals surface area contributed by atoms with Gasteiger partial charge < -0.3 is 20.9 Å². The molecule has 13 heteroatoms. The Labute approximate surface area is 259 Å². The van der Waals surface area contributed by atoms with Crippen LogP contribution < -0.4 is 16.0 Å². The zero-order chi connectivity index (χ0) is 31.8. The van der Waals surface area contributed by atoms with E-state index in [0.717, 1.165) is 5.56 Å². The molecule has 2 atom stereocenters. The molecule has 3 N–H and O–H groups in total. The third kappa shape index (κ3) is 8.13. The maximum atomic E-state index is 14.6. The number of rotatable bonds is 4. The van der Waals surface area contributed by atoms with Crippen molar-refractivity contribution in [3.05, 3.63) is 113 Å². The van der Waals surface area contributed by atoms with Gasteiger partial charge in [0.15, 0.2) is 0 Å². The Morgan fingerprint density at radius 3 is 2.51 bits per heavy atom. The molecule has 0 fully saturated rings. The number of benzene rings is 3. The number of carbonyl (C=O) groups is 4. The molecule has 0 radical (unpaired) electrons. The smallest absolute Gasteiger partial charge is 0.254 e. The molecule has 3 aromatic carbocycles. The molecule has 1 aliphatic heterocycles. The van der Waals surface area contributed by atoms with Crippen molar-refractivity contribution in [3.8, 4) is 0 Å². The minimum absolute atomic E-state index is 0.0372. The van der Waals surface area contributed by atoms with Crippen molar-refractivity contribution in [3.63, 3.8) is 0 Å². The summed E-state index contributed by atoms with van der Waals surface area (Å²) in [6.45, 7) is 1.93. The Bertz CT molecular complexity index is 1650. The second kappa shape index (κ2) is 14.3. The molecule has 2 bridgehead atoms. The molecule has 0 unspecified atom stereocenters. The van der Waals surface area contributed by atoms with Gasteiger partial charge in [-0.1, -0.05) is 48.5 Å². The number of carbonyl (C=O) groups excluding carboxylic acids is 4. The lowest BCUT2D eigenvalue weighted by Crippen LogP contribution is -2.49. The normalized spacial score (nSPS) is 18.4. The largest absolute Gasteiger partial charge is 0.355 e. The lowest BCUT2D eigenvalue weighted by atomic mass is 10.0. The molecule has 0 aliphatic carbocycles. The highest BCUT2D eigenvalue weighted by Gasteiger charge is 2.27. The molecule has 5 rings (SSSR count). The van der Waals surface area contributed by atoms with E-state index in [-0.39, 0.29) is 24.6 Å². The first-order valence-electron chi connectivity index (χ1n) is 14.6. The van der Waals surface area contributed by atoms with Gasteiger partial charge in [-0.2, -0.15) is 0 Å². The molecular formula is C32H33FN8O4. The van der Waals surface area contributed by atoms with Crippen molar-refractivity contribution >= 4 is 23.6 Å². The van der Waals surface area contributed by atoms with Crippen molar-refractivity contribution in [2.24, 2.45) is 0 Å². The van der Waals surface area contributed by atoms with Crippen LogP contribution in [0.25, 0.3) is 0 Å². The minimum Gasteiger partial charge on any atom is -0.355 e. The Morgan fingerprint density at radius 2 is 1.78 bits per heavy atom. The number of tetrazole rings is 1. The molecule has 0 saturated carbocycles. The standard InChI is InChI=1S/C32H33FN8O4/c1-21-30(43)37-28(24-7-3-2-4-8-24)18-40(32(45)25-12-9-23(10-13-25)17-41-20-35-38-39-41)19-29(42)34-15-5-6-22-11-14-27(33)26(16-22)31(44)36-21/h2-4,7-14,16,20-21,28H,5-6,15,17-19H2,1H3,(H,34,42)(H,36,44)(H,37,43)/t21-,28-/m1/s1. The van der Waals surface area contributed by atoms with Crippen LogP contribution in [0.1, 0.15) is 56.8 Å². The molecule has 2 heterocycles. The Balaban J connectivity index is 1.42. The van der Waals surface area contributed by atoms with Crippen LogP contribution in [0.2, 0.25) is 0 Å². The Kier molecular flexibility index (Phi) is 9.87. The maximum absolute atomic E-state index is 14.6. The number of nitrogens with zero attached hydrogens (tertiary/aromatic N) is 5. The number of halogens is 1. The molecule has 1 aliphatic rings. The zero-order valence-electron chi connectivity index (χ0n) is 24.6. The van der Waals surface area contributed by atoms with Crippen LogP contribution in [0.15, 0.2) is 79.1 Å². The fourth-order valence-corrected chi connectivity index (χ4v) is 5.02. The molecule has 45 heavy (non-hydrogen) atoms. The van der Waals surface area contributed by atoms with Gasteiger partial charge in [-0.3, -0.25) is 19.2 Å². The van der Waals surface area contributed by atoms with Crippen molar-refractivity contribution in [1.29, 1.82) is 0 Å². The molecule has 12 nitrogen and oxygen atoms in total. The fraction of sp³-hybridized carbons (Fsp3) is 0.281. The van der Waals surface area contributed by atoms with Crippen molar-refractivity contribution in [2.75, 3.05) is 19.6 Å². The number of hydrogen-bond donors (Lipinski definition) is 3. The first kappa shape index (κ1) is 31.0. The van der Waals surface area contributed by atoms with Gasteiger partial charge in [-0.25, -0.2) is 9.07 Å². The van der Waals surface area contributed by atoms with Crippen molar-refractivity contribution in [2.45, 2.75) is 38.4 Å². The Hall–Kier alpha value is -5.46. The summed E-state index contributed by atoms with van der Waals surface area (Å²) in [5.74, 6) is -2.73. The first-order chi connectivity index (χ1) is 21.8. The van der Waals surface area contributed by atoms with E-state index in [0.29, 0.717) is 42.6 Å². The molecule has 4 amide bonds. The topological polar surface area (TPSA) is 151 Å². The van der Waals surface area contributed by atoms with E-state index in [1.165, 1.54) is 30.3 Å². The van der Waals surface area contributed by atoms with Crippen molar-refractivity contribution < 1.29 is 23.6 Å². The van der Waals surface area contributed by atoms with Gasteiger partial charge in [-0.15, -0.1) is 5.10 Å². The molecule has 0 saturated heterocycles. The van der Waals surface area contributed by atoms with E-state index >= 15 is 0 Å². The van der Waals surface area contributed by atoms with Gasteiger partial charge in [0.25, 0.3) is 11.8 Å². The van der Waals surface area contributed by atoms with Gasteiger partial charge in [0.1, 0.15) is 18.2 Å². The van der Waals surface area contributed by atoms with Gasteiger partial charge >= 0.3 is 0 Å². The summed E-state index contributed by atoms with van der Waals surface area (Å²) in [5, 5.41) is 19.4. The molecule has 232 valence electrons. The fourth-order valence-electron chi connectivity index (χ4n) is 5.02. The maximum Gasteiger partial charge on any atom is 0.254 e. The van der Waals surface area contributed by atoms with E-state index < -0.39 is 35.6 Å². The van der Waals surface area contributed by atoms with Crippen LogP contribution in [0.4, 0.5) is 4.39 Å². The number of aromatic nitrogens is 4. The van der Waals surface area contributed by atoms with E-state index in [2.05, 4.69) is 31.5 Å². The quantitative estimate of drug-likeness (QED) is 0.319. The SMILES string of the molecule is C[C@H]1NC(=O)c2cc(ccc2F)CCCNC(=O)CN(C(=O)c2ccc(Cn3cnnn3)cc2)C[C@H](c2ccccc2)NC1=O. The highest BCUT2D eigenvalue weighted by atomic mass is 19.1. The highest BCUT2D eigenvalue weighted by molar-refractivity contribution is 5.98. The summed E-state index contributed by atoms with van der Waals surface area (Å²) in [6.07, 6.45) is 2.49. The van der Waals surface area contributed by atoms with Crippen LogP contribution in [-0.4, -0.2) is 74.4 Å². The third-order valence-corrected chi connectivity index (χ3v) is 7.46. The summed E-state index contributed by atoms with van der Waals surface area (Å²) in [4.78, 5) is 54.7. The molecule has 0 spiro atoms.